The summed E-state index contributed by atoms with van der Waals surface area (Å²) in [5, 5.41) is 4.04. The van der Waals surface area contributed by atoms with E-state index >= 15 is 0 Å². The maximum atomic E-state index is 12.3. The number of carbonyl (C=O) groups excluding carboxylic acids is 2. The van der Waals surface area contributed by atoms with Crippen LogP contribution in [-0.2, 0) is 16.0 Å². The van der Waals surface area contributed by atoms with Crippen LogP contribution in [0.3, 0.4) is 0 Å². The van der Waals surface area contributed by atoms with Gasteiger partial charge in [-0.2, -0.15) is 0 Å². The number of hydrogen-bond acceptors (Lipinski definition) is 4. The third kappa shape index (κ3) is 4.91. The van der Waals surface area contributed by atoms with Crippen molar-refractivity contribution in [1.82, 2.24) is 15.2 Å². The van der Waals surface area contributed by atoms with Gasteiger partial charge in [-0.1, -0.05) is 6.07 Å². The van der Waals surface area contributed by atoms with Crippen molar-refractivity contribution >= 4 is 22.9 Å². The van der Waals surface area contributed by atoms with Gasteiger partial charge in [-0.05, 0) is 62.3 Å². The first kappa shape index (κ1) is 19.9. The summed E-state index contributed by atoms with van der Waals surface area (Å²) in [7, 11) is 0. The predicted molar refractivity (Wildman–Crippen MR) is 107 cm³/mol. The molecule has 2 amide bonds. The third-order valence-corrected chi connectivity index (χ3v) is 5.12. The van der Waals surface area contributed by atoms with Gasteiger partial charge >= 0.3 is 6.09 Å². The number of nitrogens with zero attached hydrogens (tertiary/aromatic N) is 1. The number of piperidine rings is 1. The Morgan fingerprint density at radius 2 is 2.00 bits per heavy atom. The zero-order valence-electron chi connectivity index (χ0n) is 16.4. The van der Waals surface area contributed by atoms with Crippen molar-refractivity contribution in [3.63, 3.8) is 0 Å². The molecule has 0 unspecified atom stereocenters. The minimum Gasteiger partial charge on any atom is -0.450 e. The third-order valence-electron chi connectivity index (χ3n) is 5.12. The highest BCUT2D eigenvalue weighted by Gasteiger charge is 2.24. The van der Waals surface area contributed by atoms with Crippen LogP contribution < -0.4 is 10.9 Å². The highest BCUT2D eigenvalue weighted by Crippen LogP contribution is 2.16. The molecular formula is C21H27N3O4. The molecule has 1 aromatic heterocycles. The van der Waals surface area contributed by atoms with Gasteiger partial charge in [0.2, 0.25) is 5.91 Å². The second-order valence-corrected chi connectivity index (χ2v) is 7.23. The van der Waals surface area contributed by atoms with Crippen molar-refractivity contribution < 1.29 is 14.3 Å². The Labute approximate surface area is 164 Å². The van der Waals surface area contributed by atoms with Gasteiger partial charge in [0.25, 0.3) is 5.56 Å². The number of ether oxygens (including phenoxy) is 1. The van der Waals surface area contributed by atoms with Crippen LogP contribution in [0.15, 0.2) is 29.1 Å². The molecule has 3 rings (SSSR count). The fourth-order valence-corrected chi connectivity index (χ4v) is 3.50. The van der Waals surface area contributed by atoms with Gasteiger partial charge < -0.3 is 19.9 Å². The summed E-state index contributed by atoms with van der Waals surface area (Å²) in [6, 6.07) is 7.81. The monoisotopic (exact) mass is 385 g/mol. The molecule has 0 spiro atoms. The average Bonchev–Trinajstić information content (AvgIpc) is 2.68. The molecule has 7 nitrogen and oxygen atoms in total. The number of amides is 2. The van der Waals surface area contributed by atoms with Gasteiger partial charge in [0.15, 0.2) is 0 Å². The van der Waals surface area contributed by atoms with Gasteiger partial charge in [0.1, 0.15) is 0 Å². The first-order chi connectivity index (χ1) is 13.5. The molecule has 1 saturated heterocycles. The van der Waals surface area contributed by atoms with Crippen LogP contribution in [-0.4, -0.2) is 47.6 Å². The lowest BCUT2D eigenvalue weighted by Gasteiger charge is -2.31. The molecule has 150 valence electrons. The van der Waals surface area contributed by atoms with E-state index in [2.05, 4.69) is 10.3 Å². The number of hydrogen-bond donors (Lipinski definition) is 2. The minimum atomic E-state index is -0.278. The summed E-state index contributed by atoms with van der Waals surface area (Å²) in [6.07, 6.45) is 2.26. The predicted octanol–water partition coefficient (Wildman–Crippen LogP) is 2.51. The Kier molecular flexibility index (Phi) is 6.34. The molecule has 1 aliphatic rings. The summed E-state index contributed by atoms with van der Waals surface area (Å²) in [5.41, 5.74) is 2.47. The normalized spacial score (nSPS) is 14.9. The topological polar surface area (TPSA) is 91.5 Å². The van der Waals surface area contributed by atoms with Gasteiger partial charge in [-0.15, -0.1) is 0 Å². The van der Waals surface area contributed by atoms with Crippen LogP contribution in [0.1, 0.15) is 37.3 Å². The van der Waals surface area contributed by atoms with Crippen LogP contribution in [0.2, 0.25) is 0 Å². The minimum absolute atomic E-state index is 0.0207. The summed E-state index contributed by atoms with van der Waals surface area (Å²) in [6.45, 7) is 5.16. The van der Waals surface area contributed by atoms with Gasteiger partial charge in [-0.3, -0.25) is 9.59 Å². The number of nitrogens with one attached hydrogen (secondary N) is 2. The first-order valence-corrected chi connectivity index (χ1v) is 9.80. The number of pyridine rings is 1. The zero-order chi connectivity index (χ0) is 20.1. The summed E-state index contributed by atoms with van der Waals surface area (Å²) >= 11 is 0. The number of carbonyl (C=O) groups is 2. The first-order valence-electron chi connectivity index (χ1n) is 9.80. The van der Waals surface area contributed by atoms with Crippen molar-refractivity contribution in [2.24, 2.45) is 0 Å². The molecule has 0 atom stereocenters. The van der Waals surface area contributed by atoms with E-state index in [-0.39, 0.29) is 23.6 Å². The van der Waals surface area contributed by atoms with Crippen LogP contribution in [0, 0.1) is 6.92 Å². The van der Waals surface area contributed by atoms with Crippen molar-refractivity contribution in [3.8, 4) is 0 Å². The summed E-state index contributed by atoms with van der Waals surface area (Å²) < 4.78 is 5.01. The van der Waals surface area contributed by atoms with E-state index in [0.29, 0.717) is 38.1 Å². The Morgan fingerprint density at radius 3 is 2.71 bits per heavy atom. The van der Waals surface area contributed by atoms with Crippen molar-refractivity contribution in [3.05, 3.63) is 45.7 Å². The molecule has 2 N–H and O–H groups in total. The number of fused-ring (bicyclic) bond motifs is 1. The van der Waals surface area contributed by atoms with E-state index in [9.17, 15) is 14.4 Å². The molecule has 1 fully saturated rings. The van der Waals surface area contributed by atoms with Crippen molar-refractivity contribution in [1.29, 1.82) is 0 Å². The number of aromatic amines is 1. The molecule has 0 radical (unpaired) electrons. The molecule has 7 heteroatoms. The SMILES string of the molecule is CCOC(=O)N1CCC(NC(=O)CCc2ccc3[nH]c(=O)c(C)cc3c2)CC1. The van der Waals surface area contributed by atoms with E-state index in [1.165, 1.54) is 0 Å². The highest BCUT2D eigenvalue weighted by molar-refractivity contribution is 5.80. The maximum absolute atomic E-state index is 12.3. The zero-order valence-corrected chi connectivity index (χ0v) is 16.4. The second-order valence-electron chi connectivity index (χ2n) is 7.23. The molecule has 1 aliphatic heterocycles. The molecule has 2 aromatic rings. The van der Waals surface area contributed by atoms with E-state index in [4.69, 9.17) is 4.74 Å². The molecule has 0 saturated carbocycles. The maximum Gasteiger partial charge on any atom is 0.409 e. The Morgan fingerprint density at radius 1 is 1.25 bits per heavy atom. The van der Waals surface area contributed by atoms with Crippen molar-refractivity contribution in [2.75, 3.05) is 19.7 Å². The van der Waals surface area contributed by atoms with Crippen LogP contribution >= 0.6 is 0 Å². The lowest BCUT2D eigenvalue weighted by atomic mass is 10.0. The fraction of sp³-hybridized carbons (Fsp3) is 0.476. The fourth-order valence-electron chi connectivity index (χ4n) is 3.50. The number of aromatic nitrogens is 1. The average molecular weight is 385 g/mol. The molecule has 0 aliphatic carbocycles. The lowest BCUT2D eigenvalue weighted by molar-refractivity contribution is -0.122. The van der Waals surface area contributed by atoms with E-state index in [1.54, 1.807) is 18.7 Å². The largest absolute Gasteiger partial charge is 0.450 e. The van der Waals surface area contributed by atoms with E-state index in [1.807, 2.05) is 24.3 Å². The lowest BCUT2D eigenvalue weighted by Crippen LogP contribution is -2.46. The Bertz CT molecular complexity index is 913. The van der Waals surface area contributed by atoms with Crippen LogP contribution in [0.25, 0.3) is 10.9 Å². The van der Waals surface area contributed by atoms with E-state index in [0.717, 1.165) is 29.3 Å². The highest BCUT2D eigenvalue weighted by atomic mass is 16.6. The standard InChI is InChI=1S/C21H27N3O4/c1-3-28-21(27)24-10-8-17(9-11-24)22-19(25)7-5-15-4-6-18-16(13-15)12-14(2)20(26)23-18/h4,6,12-13,17H,3,5,7-11H2,1-2H3,(H,22,25)(H,23,26). The smallest absolute Gasteiger partial charge is 0.409 e. The van der Waals surface area contributed by atoms with Crippen molar-refractivity contribution in [2.45, 2.75) is 45.6 Å². The summed E-state index contributed by atoms with van der Waals surface area (Å²) in [5.74, 6) is 0.0207. The van der Waals surface area contributed by atoms with E-state index < -0.39 is 0 Å². The number of rotatable bonds is 5. The van der Waals surface area contributed by atoms with Gasteiger partial charge in [-0.25, -0.2) is 4.79 Å². The Hall–Kier alpha value is -2.83. The van der Waals surface area contributed by atoms with Crippen LogP contribution in [0.5, 0.6) is 0 Å². The number of likely N-dealkylation sites (tertiary alicyclic amines) is 1. The molecule has 28 heavy (non-hydrogen) atoms. The van der Waals surface area contributed by atoms with Gasteiger partial charge in [0, 0.05) is 36.6 Å². The number of H-pyrrole nitrogens is 1. The molecule has 1 aromatic carbocycles. The Balaban J connectivity index is 1.48. The molecule has 0 bridgehead atoms. The quantitative estimate of drug-likeness (QED) is 0.827. The molecule has 2 heterocycles. The number of benzene rings is 1. The number of aryl methyl sites for hydroxylation is 2. The van der Waals surface area contributed by atoms with Gasteiger partial charge in [0.05, 0.1) is 6.61 Å². The van der Waals surface area contributed by atoms with Crippen LogP contribution in [0.4, 0.5) is 4.79 Å². The summed E-state index contributed by atoms with van der Waals surface area (Å²) in [4.78, 5) is 40.2. The second kappa shape index (κ2) is 8.91. The molecular weight excluding hydrogens is 358 g/mol.